The van der Waals surface area contributed by atoms with Crippen molar-refractivity contribution in [3.8, 4) is 0 Å². The fourth-order valence-corrected chi connectivity index (χ4v) is 5.35. The molecule has 0 spiro atoms. The molecule has 0 bridgehead atoms. The Balaban J connectivity index is 1.51. The van der Waals surface area contributed by atoms with Crippen molar-refractivity contribution in [3.05, 3.63) is 95.8 Å². The molecule has 7 nitrogen and oxygen atoms in total. The molecule has 1 aliphatic heterocycles. The van der Waals surface area contributed by atoms with Crippen molar-refractivity contribution in [2.75, 3.05) is 18.4 Å². The normalized spacial score (nSPS) is 15.2. The Morgan fingerprint density at radius 3 is 2.11 bits per heavy atom. The van der Waals surface area contributed by atoms with Gasteiger partial charge in [0.2, 0.25) is 16.1 Å². The van der Waals surface area contributed by atoms with Gasteiger partial charge in [0.25, 0.3) is 5.91 Å². The summed E-state index contributed by atoms with van der Waals surface area (Å²) >= 11 is 0. The van der Waals surface area contributed by atoms with Crippen molar-refractivity contribution < 1.29 is 27.1 Å². The van der Waals surface area contributed by atoms with Crippen LogP contribution in [0.25, 0.3) is 0 Å². The fraction of sp³-hybridized carbons (Fsp3) is 0.231. The van der Waals surface area contributed by atoms with Gasteiger partial charge in [-0.05, 0) is 61.4 Å². The minimum atomic E-state index is -3.63. The molecule has 35 heavy (non-hydrogen) atoms. The Morgan fingerprint density at radius 1 is 0.857 bits per heavy atom. The van der Waals surface area contributed by atoms with E-state index in [9.17, 15) is 22.4 Å². The molecule has 0 saturated carbocycles. The second-order valence-corrected chi connectivity index (χ2v) is 10.1. The summed E-state index contributed by atoms with van der Waals surface area (Å²) in [7, 11) is -3.63. The van der Waals surface area contributed by atoms with Crippen LogP contribution in [0.2, 0.25) is 0 Å². The van der Waals surface area contributed by atoms with Crippen LogP contribution in [0.3, 0.4) is 0 Å². The molecule has 9 heteroatoms. The minimum Gasteiger partial charge on any atom is -0.444 e. The number of carbonyl (C=O) groups excluding carboxylic acids is 2. The SMILES string of the molecule is O=C(OC(C(=O)Nc1ccc(F)cc1)c1ccccc1)c1ccc(S(=O)(=O)N2CCCCC2)cc1. The van der Waals surface area contributed by atoms with Crippen molar-refractivity contribution in [1.29, 1.82) is 0 Å². The van der Waals surface area contributed by atoms with Crippen molar-refractivity contribution in [2.24, 2.45) is 0 Å². The number of halogens is 1. The van der Waals surface area contributed by atoms with Crippen molar-refractivity contribution in [1.82, 2.24) is 4.31 Å². The molecule has 1 aliphatic rings. The quantitative estimate of drug-likeness (QED) is 0.485. The zero-order valence-corrected chi connectivity index (χ0v) is 19.7. The lowest BCUT2D eigenvalue weighted by Gasteiger charge is -2.25. The van der Waals surface area contributed by atoms with Crippen LogP contribution in [-0.4, -0.2) is 37.7 Å². The van der Waals surface area contributed by atoms with Crippen LogP contribution in [0, 0.1) is 5.82 Å². The van der Waals surface area contributed by atoms with Crippen LogP contribution in [-0.2, 0) is 19.6 Å². The summed E-state index contributed by atoms with van der Waals surface area (Å²) in [5, 5.41) is 2.62. The lowest BCUT2D eigenvalue weighted by molar-refractivity contribution is -0.125. The van der Waals surface area contributed by atoms with Gasteiger partial charge in [0, 0.05) is 24.3 Å². The van der Waals surface area contributed by atoms with Gasteiger partial charge in [-0.25, -0.2) is 17.6 Å². The Morgan fingerprint density at radius 2 is 1.49 bits per heavy atom. The molecular weight excluding hydrogens is 471 g/mol. The molecule has 0 radical (unpaired) electrons. The van der Waals surface area contributed by atoms with E-state index in [1.165, 1.54) is 52.8 Å². The largest absolute Gasteiger partial charge is 0.444 e. The molecule has 1 fully saturated rings. The molecule has 0 aromatic heterocycles. The third-order valence-electron chi connectivity index (χ3n) is 5.72. The van der Waals surface area contributed by atoms with Crippen LogP contribution in [0.5, 0.6) is 0 Å². The number of esters is 1. The van der Waals surface area contributed by atoms with E-state index in [0.717, 1.165) is 19.3 Å². The number of benzene rings is 3. The number of hydrogen-bond acceptors (Lipinski definition) is 5. The Hall–Kier alpha value is -3.56. The van der Waals surface area contributed by atoms with Gasteiger partial charge in [-0.3, -0.25) is 4.79 Å². The number of amides is 1. The Bertz CT molecular complexity index is 1270. The topological polar surface area (TPSA) is 92.8 Å². The van der Waals surface area contributed by atoms with E-state index >= 15 is 0 Å². The van der Waals surface area contributed by atoms with Crippen molar-refractivity contribution >= 4 is 27.6 Å². The third-order valence-corrected chi connectivity index (χ3v) is 7.63. The van der Waals surface area contributed by atoms with Gasteiger partial charge in [0.1, 0.15) is 5.82 Å². The maximum atomic E-state index is 13.2. The summed E-state index contributed by atoms with van der Waals surface area (Å²) in [6, 6.07) is 19.2. The number of nitrogens with one attached hydrogen (secondary N) is 1. The molecular formula is C26H25FN2O5S. The molecule has 1 unspecified atom stereocenters. The van der Waals surface area contributed by atoms with E-state index in [-0.39, 0.29) is 10.5 Å². The number of rotatable bonds is 7. The maximum Gasteiger partial charge on any atom is 0.339 e. The van der Waals surface area contributed by atoms with Crippen LogP contribution in [0.1, 0.15) is 41.3 Å². The Kier molecular flexibility index (Phi) is 7.57. The highest BCUT2D eigenvalue weighted by Gasteiger charge is 2.28. The van der Waals surface area contributed by atoms with Gasteiger partial charge in [0.15, 0.2) is 0 Å². The summed E-state index contributed by atoms with van der Waals surface area (Å²) in [5.41, 5.74) is 0.906. The first kappa shape index (κ1) is 24.6. The van der Waals surface area contributed by atoms with Gasteiger partial charge in [-0.2, -0.15) is 4.31 Å². The summed E-state index contributed by atoms with van der Waals surface area (Å²) in [4.78, 5) is 25.9. The lowest BCUT2D eigenvalue weighted by atomic mass is 10.1. The number of anilines is 1. The van der Waals surface area contributed by atoms with Crippen LogP contribution in [0.4, 0.5) is 10.1 Å². The van der Waals surface area contributed by atoms with Crippen LogP contribution >= 0.6 is 0 Å². The van der Waals surface area contributed by atoms with Gasteiger partial charge in [-0.1, -0.05) is 36.8 Å². The van der Waals surface area contributed by atoms with E-state index in [4.69, 9.17) is 4.74 Å². The van der Waals surface area contributed by atoms with E-state index in [0.29, 0.717) is 24.3 Å². The number of hydrogen-bond donors (Lipinski definition) is 1. The monoisotopic (exact) mass is 496 g/mol. The van der Waals surface area contributed by atoms with Gasteiger partial charge in [0.05, 0.1) is 10.5 Å². The third kappa shape index (κ3) is 5.93. The first-order chi connectivity index (χ1) is 16.8. The summed E-state index contributed by atoms with van der Waals surface area (Å²) in [5.74, 6) is -1.84. The molecule has 3 aromatic rings. The van der Waals surface area contributed by atoms with Gasteiger partial charge >= 0.3 is 5.97 Å². The van der Waals surface area contributed by atoms with Crippen LogP contribution < -0.4 is 5.32 Å². The molecule has 182 valence electrons. The highest BCUT2D eigenvalue weighted by Crippen LogP contribution is 2.24. The zero-order valence-electron chi connectivity index (χ0n) is 18.9. The van der Waals surface area contributed by atoms with E-state index < -0.39 is 33.8 Å². The highest BCUT2D eigenvalue weighted by molar-refractivity contribution is 7.89. The van der Waals surface area contributed by atoms with Gasteiger partial charge in [-0.15, -0.1) is 0 Å². The molecule has 1 atom stereocenters. The fourth-order valence-electron chi connectivity index (χ4n) is 3.83. The second-order valence-electron chi connectivity index (χ2n) is 8.18. The molecule has 4 rings (SSSR count). The minimum absolute atomic E-state index is 0.101. The summed E-state index contributed by atoms with van der Waals surface area (Å²) < 4.78 is 45.9. The van der Waals surface area contributed by atoms with E-state index in [1.807, 2.05) is 0 Å². The molecule has 1 saturated heterocycles. The number of carbonyl (C=O) groups is 2. The lowest BCUT2D eigenvalue weighted by Crippen LogP contribution is -2.35. The van der Waals surface area contributed by atoms with Crippen molar-refractivity contribution in [2.45, 2.75) is 30.3 Å². The predicted molar refractivity (Wildman–Crippen MR) is 129 cm³/mol. The summed E-state index contributed by atoms with van der Waals surface area (Å²) in [6.07, 6.45) is 1.38. The maximum absolute atomic E-state index is 13.2. The van der Waals surface area contributed by atoms with E-state index in [2.05, 4.69) is 5.32 Å². The summed E-state index contributed by atoms with van der Waals surface area (Å²) in [6.45, 7) is 0.960. The van der Waals surface area contributed by atoms with Crippen LogP contribution in [0.15, 0.2) is 83.8 Å². The number of ether oxygens (including phenoxy) is 1. The average Bonchev–Trinajstić information content (AvgIpc) is 2.89. The molecule has 1 amide bonds. The van der Waals surface area contributed by atoms with Gasteiger partial charge < -0.3 is 10.1 Å². The first-order valence-electron chi connectivity index (χ1n) is 11.3. The molecule has 0 aliphatic carbocycles. The average molecular weight is 497 g/mol. The number of nitrogens with zero attached hydrogens (tertiary/aromatic N) is 1. The molecule has 1 N–H and O–H groups in total. The molecule has 3 aromatic carbocycles. The first-order valence-corrected chi connectivity index (χ1v) is 12.7. The van der Waals surface area contributed by atoms with Crippen molar-refractivity contribution in [3.63, 3.8) is 0 Å². The predicted octanol–water partition coefficient (Wildman–Crippen LogP) is 4.54. The highest BCUT2D eigenvalue weighted by atomic mass is 32.2. The zero-order chi connectivity index (χ0) is 24.8. The number of sulfonamides is 1. The Labute approximate surface area is 203 Å². The smallest absolute Gasteiger partial charge is 0.339 e. The standard InChI is InChI=1S/C26H25FN2O5S/c27-21-11-13-22(14-12-21)28-25(30)24(19-7-3-1-4-8-19)34-26(31)20-9-15-23(16-10-20)35(32,33)29-17-5-2-6-18-29/h1,3-4,7-16,24H,2,5-6,17-18H2,(H,28,30). The molecule has 1 heterocycles. The van der Waals surface area contributed by atoms with E-state index in [1.54, 1.807) is 30.3 Å². The second kappa shape index (κ2) is 10.8. The number of piperidine rings is 1.